The van der Waals surface area contributed by atoms with Crippen LogP contribution < -0.4 is 4.90 Å². The van der Waals surface area contributed by atoms with Crippen molar-refractivity contribution in [1.29, 1.82) is 0 Å². The van der Waals surface area contributed by atoms with Gasteiger partial charge in [0.1, 0.15) is 0 Å². The number of hydrogen-bond donors (Lipinski definition) is 0. The lowest BCUT2D eigenvalue weighted by atomic mass is 10.0. The zero-order valence-electron chi connectivity index (χ0n) is 15.5. The largest absolute Gasteiger partial charge is 0.300 e. The van der Waals surface area contributed by atoms with Gasteiger partial charge in [-0.25, -0.2) is 8.42 Å². The Bertz CT molecular complexity index is 1010. The molecule has 1 aliphatic heterocycles. The summed E-state index contributed by atoms with van der Waals surface area (Å²) in [6, 6.07) is 10.8. The fraction of sp³-hybridized carbons (Fsp3) is 0.286. The number of aryl methyl sites for hydroxylation is 4. The monoisotopic (exact) mass is 369 g/mol. The average Bonchev–Trinajstić information content (AvgIpc) is 2.93. The Morgan fingerprint density at radius 3 is 2.08 bits per heavy atom. The van der Waals surface area contributed by atoms with Crippen LogP contribution in [0.25, 0.3) is 0 Å². The van der Waals surface area contributed by atoms with Crippen molar-refractivity contribution >= 4 is 21.4 Å². The fourth-order valence-electron chi connectivity index (χ4n) is 3.07. The number of anilines is 1. The molecule has 2 aromatic carbocycles. The molecule has 0 unspecified atom stereocenters. The van der Waals surface area contributed by atoms with Crippen molar-refractivity contribution in [3.05, 3.63) is 75.7 Å². The molecule has 0 saturated carbocycles. The molecule has 5 heteroatoms. The summed E-state index contributed by atoms with van der Waals surface area (Å²) in [5.41, 5.74) is 5.60. The molecule has 0 aliphatic carbocycles. The number of carbonyl (C=O) groups is 1. The van der Waals surface area contributed by atoms with Crippen LogP contribution in [0.4, 0.5) is 5.69 Å². The van der Waals surface area contributed by atoms with Crippen LogP contribution in [0.5, 0.6) is 0 Å². The molecule has 0 bridgehead atoms. The molecule has 0 radical (unpaired) electrons. The molecule has 136 valence electrons. The summed E-state index contributed by atoms with van der Waals surface area (Å²) >= 11 is 0. The van der Waals surface area contributed by atoms with Crippen LogP contribution in [0.1, 0.15) is 32.6 Å². The molecule has 3 rings (SSSR count). The second-order valence-corrected chi connectivity index (χ2v) is 8.90. The Hall–Kier alpha value is -2.40. The van der Waals surface area contributed by atoms with Crippen molar-refractivity contribution < 1.29 is 13.2 Å². The summed E-state index contributed by atoms with van der Waals surface area (Å²) in [5.74, 6) is -0.278. The zero-order valence-corrected chi connectivity index (χ0v) is 16.3. The molecule has 1 aliphatic rings. The van der Waals surface area contributed by atoms with Crippen LogP contribution in [0.15, 0.2) is 47.9 Å². The second kappa shape index (κ2) is 6.72. The number of amides is 1. The minimum atomic E-state index is -3.27. The predicted octanol–water partition coefficient (Wildman–Crippen LogP) is 3.88. The quantitative estimate of drug-likeness (QED) is 0.825. The smallest absolute Gasteiger partial charge is 0.258 e. The van der Waals surface area contributed by atoms with Crippen LogP contribution in [-0.4, -0.2) is 26.1 Å². The van der Waals surface area contributed by atoms with Crippen molar-refractivity contribution in [2.45, 2.75) is 33.7 Å². The Kier molecular flexibility index (Phi) is 4.76. The van der Waals surface area contributed by atoms with Crippen molar-refractivity contribution in [2.24, 2.45) is 0 Å². The van der Waals surface area contributed by atoms with Crippen LogP contribution >= 0.6 is 0 Å². The number of carbonyl (C=O) groups excluding carboxylic acids is 1. The topological polar surface area (TPSA) is 54.5 Å². The molecule has 4 nitrogen and oxygen atoms in total. The van der Waals surface area contributed by atoms with Crippen molar-refractivity contribution in [1.82, 2.24) is 0 Å². The maximum absolute atomic E-state index is 13.3. The molecular weight excluding hydrogens is 346 g/mol. The molecule has 2 aromatic rings. The Morgan fingerprint density at radius 2 is 1.54 bits per heavy atom. The minimum absolute atomic E-state index is 0.0868. The number of hydrogen-bond acceptors (Lipinski definition) is 3. The Labute approximate surface area is 155 Å². The number of rotatable bonds is 3. The van der Waals surface area contributed by atoms with E-state index in [-0.39, 0.29) is 11.7 Å². The van der Waals surface area contributed by atoms with Gasteiger partial charge in [-0.15, -0.1) is 0 Å². The van der Waals surface area contributed by atoms with Crippen LogP contribution in [-0.2, 0) is 9.84 Å². The summed E-state index contributed by atoms with van der Waals surface area (Å²) in [4.78, 5) is 14.9. The summed E-state index contributed by atoms with van der Waals surface area (Å²) in [7, 11) is -3.27. The highest BCUT2D eigenvalue weighted by atomic mass is 32.2. The van der Waals surface area contributed by atoms with Gasteiger partial charge in [0.2, 0.25) is 0 Å². The van der Waals surface area contributed by atoms with Gasteiger partial charge in [0, 0.05) is 16.7 Å². The van der Waals surface area contributed by atoms with Crippen LogP contribution in [0.2, 0.25) is 0 Å². The maximum atomic E-state index is 13.3. The van der Waals surface area contributed by atoms with E-state index in [4.69, 9.17) is 0 Å². The molecule has 0 spiro atoms. The predicted molar refractivity (Wildman–Crippen MR) is 105 cm³/mol. The van der Waals surface area contributed by atoms with Gasteiger partial charge in [0.15, 0.2) is 9.84 Å². The van der Waals surface area contributed by atoms with Gasteiger partial charge in [0.05, 0.1) is 11.8 Å². The number of benzene rings is 2. The van der Waals surface area contributed by atoms with E-state index in [1.807, 2.05) is 58.0 Å². The van der Waals surface area contributed by atoms with Gasteiger partial charge < -0.3 is 4.90 Å². The third-order valence-corrected chi connectivity index (χ3v) is 6.36. The van der Waals surface area contributed by atoms with Crippen LogP contribution in [0, 0.1) is 27.7 Å². The van der Waals surface area contributed by atoms with Gasteiger partial charge in [-0.2, -0.15) is 0 Å². The van der Waals surface area contributed by atoms with Crippen molar-refractivity contribution in [3.8, 4) is 0 Å². The van der Waals surface area contributed by atoms with Gasteiger partial charge in [0.25, 0.3) is 5.91 Å². The first-order chi connectivity index (χ1) is 12.2. The molecule has 1 heterocycles. The fourth-order valence-corrected chi connectivity index (χ4v) is 4.34. The van der Waals surface area contributed by atoms with E-state index >= 15 is 0 Å². The summed E-state index contributed by atoms with van der Waals surface area (Å²) in [5, 5.41) is 1.21. The molecule has 0 aromatic heterocycles. The average molecular weight is 369 g/mol. The second-order valence-electron chi connectivity index (χ2n) is 6.97. The highest BCUT2D eigenvalue weighted by Crippen LogP contribution is 2.27. The third-order valence-electron chi connectivity index (χ3n) is 4.98. The lowest BCUT2D eigenvalue weighted by molar-refractivity contribution is 0.0983. The highest BCUT2D eigenvalue weighted by Gasteiger charge is 2.32. The van der Waals surface area contributed by atoms with E-state index in [1.54, 1.807) is 17.0 Å². The van der Waals surface area contributed by atoms with Crippen molar-refractivity contribution in [3.63, 3.8) is 0 Å². The van der Waals surface area contributed by atoms with Gasteiger partial charge in [-0.05, 0) is 80.3 Å². The molecule has 26 heavy (non-hydrogen) atoms. The number of sulfone groups is 1. The Balaban J connectivity index is 2.07. The highest BCUT2D eigenvalue weighted by molar-refractivity contribution is 7.94. The minimum Gasteiger partial charge on any atom is -0.300 e. The first kappa shape index (κ1) is 18.4. The lowest BCUT2D eigenvalue weighted by Gasteiger charge is -2.28. The van der Waals surface area contributed by atoms with E-state index in [2.05, 4.69) is 0 Å². The molecule has 0 saturated heterocycles. The van der Waals surface area contributed by atoms with E-state index in [9.17, 15) is 13.2 Å². The first-order valence-electron chi connectivity index (χ1n) is 8.57. The zero-order chi connectivity index (χ0) is 19.1. The SMILES string of the molecule is Cc1ccc(C(=O)N(c2ccc(C)c(C)c2)[C@H]2C=CS(=O)(=O)C2)cc1C. The van der Waals surface area contributed by atoms with Crippen LogP contribution in [0.3, 0.4) is 0 Å². The molecule has 1 atom stereocenters. The molecule has 0 fully saturated rings. The van der Waals surface area contributed by atoms with Gasteiger partial charge in [-0.3, -0.25) is 4.79 Å². The Morgan fingerprint density at radius 1 is 0.923 bits per heavy atom. The molecular formula is C21H23NO3S. The van der Waals surface area contributed by atoms with E-state index in [0.717, 1.165) is 22.3 Å². The summed E-state index contributed by atoms with van der Waals surface area (Å²) < 4.78 is 23.9. The van der Waals surface area contributed by atoms with Gasteiger partial charge in [-0.1, -0.05) is 12.1 Å². The molecule has 0 N–H and O–H groups in total. The standard InChI is InChI=1S/C21H23NO3S/c1-14-5-7-18(11-16(14)3)21(23)22(20-9-10-26(24,25)13-20)19-8-6-15(2)17(4)12-19/h5-12,20H,13H2,1-4H3/t20-/m0/s1. The maximum Gasteiger partial charge on any atom is 0.258 e. The summed E-state index contributed by atoms with van der Waals surface area (Å²) in [6.45, 7) is 7.96. The van der Waals surface area contributed by atoms with Crippen molar-refractivity contribution in [2.75, 3.05) is 10.7 Å². The lowest BCUT2D eigenvalue weighted by Crippen LogP contribution is -2.41. The van der Waals surface area contributed by atoms with Gasteiger partial charge >= 0.3 is 0 Å². The first-order valence-corrected chi connectivity index (χ1v) is 10.3. The van der Waals surface area contributed by atoms with E-state index in [1.165, 1.54) is 5.41 Å². The summed E-state index contributed by atoms with van der Waals surface area (Å²) in [6.07, 6.45) is 1.60. The van der Waals surface area contributed by atoms with E-state index < -0.39 is 15.9 Å². The molecule has 1 amide bonds. The number of nitrogens with zero attached hydrogens (tertiary/aromatic N) is 1. The third kappa shape index (κ3) is 3.58. The van der Waals surface area contributed by atoms with E-state index in [0.29, 0.717) is 11.3 Å². The normalized spacial score (nSPS) is 18.1.